The Kier molecular flexibility index (Phi) is 17.9. The van der Waals surface area contributed by atoms with Gasteiger partial charge in [0.1, 0.15) is 16.9 Å². The highest BCUT2D eigenvalue weighted by Gasteiger charge is 2.57. The highest BCUT2D eigenvalue weighted by Crippen LogP contribution is 2.67. The van der Waals surface area contributed by atoms with Crippen LogP contribution in [-0.2, 0) is 33.7 Å². The largest absolute Gasteiger partial charge is 0.404 e. The maximum atomic E-state index is 16.5. The minimum Gasteiger partial charge on any atom is -0.365 e. The molecule has 4 heterocycles. The molecular formula is C46H54F8N5O8PS3. The average molecular weight is 1080 g/mol. The summed E-state index contributed by atoms with van der Waals surface area (Å²) in [7, 11) is -5.77. The normalized spacial score (nSPS) is 22.5. The molecule has 71 heavy (non-hydrogen) atoms. The number of aliphatic hydroxyl groups excluding tert-OH is 1. The Bertz CT molecular complexity index is 2460. The average Bonchev–Trinajstić information content (AvgIpc) is 4.05. The topological polar surface area (TPSA) is 178 Å². The maximum absolute atomic E-state index is 16.5. The lowest BCUT2D eigenvalue weighted by Gasteiger charge is -2.37. The number of halogens is 8. The number of carbonyl (C=O) groups excluding carboxylic acids is 4. The van der Waals surface area contributed by atoms with Gasteiger partial charge in [-0.05, 0) is 82.5 Å². The molecule has 1 aromatic heterocycles. The van der Waals surface area contributed by atoms with Crippen LogP contribution >= 0.6 is 42.5 Å². The predicted octanol–water partition coefficient (Wildman–Crippen LogP) is 9.97. The third-order valence-corrected chi connectivity index (χ3v) is 18.5. The summed E-state index contributed by atoms with van der Waals surface area (Å²) >= 11 is 1.07. The standard InChI is InChI=1S/C46H54F8N5O8PS3/c1-42(2,45(49,50)51)39(62)69-20-18-66-68(65,67-19-21-70-40(63)43(3,4)46(52,53)54)44(47,48)30-14-16-34-28(22-30)23-35(71-34)37(60)56-33-13-9-8-12-31-15-17-36(59(31)38(33)61)57-41(64)58-25-29(24-55)32(26-58)27-10-6-5-7-11-27/h5-7,10-11,14,16,22-23,29,31-33,36,41,57,64H,8-9,12-13,15,17-21,25-26H2,1-4H3,(H,56,60)/t29-,31+,32+,33?,36+,41?/m1/s1. The third kappa shape index (κ3) is 12.5. The fraction of sp³-hybridized carbons (Fsp3) is 0.587. The van der Waals surface area contributed by atoms with Crippen LogP contribution in [0.5, 0.6) is 0 Å². The molecule has 0 bridgehead atoms. The summed E-state index contributed by atoms with van der Waals surface area (Å²) in [6.45, 7) is 1.18. The molecule has 6 atom stereocenters. The molecular weight excluding hydrogens is 1030 g/mol. The van der Waals surface area contributed by atoms with Crippen molar-refractivity contribution < 1.29 is 73.0 Å². The van der Waals surface area contributed by atoms with Crippen LogP contribution in [0.2, 0.25) is 0 Å². The van der Waals surface area contributed by atoms with Crippen molar-refractivity contribution in [2.24, 2.45) is 16.7 Å². The molecule has 0 spiro atoms. The lowest BCUT2D eigenvalue weighted by Crippen LogP contribution is -2.59. The van der Waals surface area contributed by atoms with E-state index in [1.54, 1.807) is 9.80 Å². The fourth-order valence-corrected chi connectivity index (χ4v) is 12.8. The van der Waals surface area contributed by atoms with Crippen LogP contribution < -0.4 is 10.6 Å². The van der Waals surface area contributed by atoms with E-state index < -0.39 is 101 Å². The first-order chi connectivity index (χ1) is 33.1. The van der Waals surface area contributed by atoms with Gasteiger partial charge in [0.15, 0.2) is 6.35 Å². The highest BCUT2D eigenvalue weighted by molar-refractivity contribution is 8.14. The number of amides is 2. The van der Waals surface area contributed by atoms with Crippen molar-refractivity contribution in [2.75, 3.05) is 37.8 Å². The molecule has 0 aliphatic carbocycles. The number of hydrogen-bond acceptors (Lipinski definition) is 14. The van der Waals surface area contributed by atoms with Crippen molar-refractivity contribution in [3.8, 4) is 6.07 Å². The van der Waals surface area contributed by atoms with Gasteiger partial charge >= 0.3 is 25.6 Å². The predicted molar refractivity (Wildman–Crippen MR) is 252 cm³/mol. The Morgan fingerprint density at radius 3 is 2.03 bits per heavy atom. The number of nitrogens with one attached hydrogen (secondary N) is 2. The van der Waals surface area contributed by atoms with E-state index in [4.69, 9.17) is 9.05 Å². The molecule has 13 nitrogen and oxygen atoms in total. The van der Waals surface area contributed by atoms with Crippen LogP contribution in [-0.4, -0.2) is 112 Å². The summed E-state index contributed by atoms with van der Waals surface area (Å²) in [5.74, 6) is -2.93. The molecule has 390 valence electrons. The van der Waals surface area contributed by atoms with Crippen molar-refractivity contribution in [3.05, 3.63) is 70.6 Å². The van der Waals surface area contributed by atoms with E-state index in [1.807, 2.05) is 30.3 Å². The second-order valence-corrected chi connectivity index (χ2v) is 23.9. The number of thioether (sulfide) groups is 2. The lowest BCUT2D eigenvalue weighted by molar-refractivity contribution is -0.206. The zero-order valence-electron chi connectivity index (χ0n) is 39.0. The Hall–Kier alpha value is -3.66. The number of benzene rings is 2. The van der Waals surface area contributed by atoms with E-state index in [2.05, 4.69) is 16.7 Å². The molecule has 3 saturated heterocycles. The summed E-state index contributed by atoms with van der Waals surface area (Å²) in [6.07, 6.45) is -8.15. The number of aliphatic hydroxyl groups is 1. The minimum atomic E-state index is -5.77. The van der Waals surface area contributed by atoms with Gasteiger partial charge in [0, 0.05) is 46.8 Å². The molecule has 3 fully saturated rings. The van der Waals surface area contributed by atoms with E-state index in [1.165, 1.54) is 12.1 Å². The van der Waals surface area contributed by atoms with Crippen LogP contribution in [0.25, 0.3) is 10.1 Å². The number of rotatable bonds is 18. The Morgan fingerprint density at radius 1 is 0.859 bits per heavy atom. The summed E-state index contributed by atoms with van der Waals surface area (Å²) in [5, 5.41) is 24.6. The zero-order chi connectivity index (χ0) is 52.3. The SMILES string of the molecule is CC(C)(C(=O)SCCOP(=O)(OCCSC(=O)C(C)(C)C(F)(F)F)C(F)(F)c1ccc2sc(C(=O)NC3CCCC[C@H]4CC[C@@H](NC(O)N5C[C@@H](C#N)[C@H](c6ccccc6)C5)N4C3=O)cc2c1)C(F)(F)F. The molecule has 25 heteroatoms. The van der Waals surface area contributed by atoms with Crippen LogP contribution in [0.3, 0.4) is 0 Å². The quantitative estimate of drug-likeness (QED) is 0.0475. The van der Waals surface area contributed by atoms with E-state index in [0.717, 1.165) is 35.5 Å². The monoisotopic (exact) mass is 1080 g/mol. The van der Waals surface area contributed by atoms with Gasteiger partial charge in [-0.15, -0.1) is 11.3 Å². The van der Waals surface area contributed by atoms with Gasteiger partial charge in [-0.2, -0.15) is 40.4 Å². The molecule has 6 rings (SSSR count). The summed E-state index contributed by atoms with van der Waals surface area (Å²) in [4.78, 5) is 56.3. The van der Waals surface area contributed by atoms with Crippen LogP contribution in [0.4, 0.5) is 35.1 Å². The number of hydrogen-bond donors (Lipinski definition) is 3. The van der Waals surface area contributed by atoms with Crippen molar-refractivity contribution in [3.63, 3.8) is 0 Å². The number of thiophene rings is 1. The first-order valence-electron chi connectivity index (χ1n) is 22.7. The van der Waals surface area contributed by atoms with Crippen molar-refractivity contribution in [1.82, 2.24) is 20.4 Å². The minimum absolute atomic E-state index is 0.0232. The van der Waals surface area contributed by atoms with Crippen LogP contribution in [0, 0.1) is 28.1 Å². The number of fused-ring (bicyclic) bond motifs is 2. The second-order valence-electron chi connectivity index (χ2n) is 18.6. The number of carbonyl (C=O) groups is 4. The van der Waals surface area contributed by atoms with E-state index in [9.17, 15) is 60.5 Å². The Morgan fingerprint density at radius 2 is 1.45 bits per heavy atom. The number of alkyl halides is 8. The van der Waals surface area contributed by atoms with Crippen LogP contribution in [0.15, 0.2) is 54.6 Å². The molecule has 0 radical (unpaired) electrons. The van der Waals surface area contributed by atoms with E-state index >= 15 is 8.78 Å². The van der Waals surface area contributed by atoms with Gasteiger partial charge in [0.2, 0.25) is 16.1 Å². The van der Waals surface area contributed by atoms with E-state index in [0.29, 0.717) is 71.2 Å². The molecule has 2 unspecified atom stereocenters. The van der Waals surface area contributed by atoms with Crippen molar-refractivity contribution >= 4 is 74.6 Å². The molecule has 3 aromatic rings. The number of likely N-dealkylation sites (tertiary alicyclic amines) is 1. The van der Waals surface area contributed by atoms with Gasteiger partial charge in [-0.1, -0.05) is 72.8 Å². The molecule has 3 aliphatic rings. The number of nitrogens with zero attached hydrogens (tertiary/aromatic N) is 3. The van der Waals surface area contributed by atoms with Gasteiger partial charge < -0.3 is 24.4 Å². The van der Waals surface area contributed by atoms with Crippen molar-refractivity contribution in [2.45, 2.75) is 115 Å². The van der Waals surface area contributed by atoms with E-state index in [-0.39, 0.29) is 64.0 Å². The first-order valence-corrected chi connectivity index (χ1v) is 27.0. The summed E-state index contributed by atoms with van der Waals surface area (Å²) in [5.41, 5.74) is -10.2. The molecule has 3 aliphatic heterocycles. The van der Waals surface area contributed by atoms with Gasteiger partial charge in [0.25, 0.3) is 5.91 Å². The Labute approximate surface area is 417 Å². The third-order valence-electron chi connectivity index (χ3n) is 13.1. The molecule has 3 N–H and O–H groups in total. The van der Waals surface area contributed by atoms with Crippen LogP contribution in [0.1, 0.15) is 92.9 Å². The number of nitriles is 1. The summed E-state index contributed by atoms with van der Waals surface area (Å²) in [6, 6.07) is 15.0. The fourth-order valence-electron chi connectivity index (χ4n) is 8.41. The molecule has 2 aromatic carbocycles. The molecule has 0 saturated carbocycles. The highest BCUT2D eigenvalue weighted by atomic mass is 32.2. The summed E-state index contributed by atoms with van der Waals surface area (Å²) < 4.78 is 138. The second kappa shape index (κ2) is 22.4. The maximum Gasteiger partial charge on any atom is 0.404 e. The lowest BCUT2D eigenvalue weighted by atomic mass is 9.90. The zero-order valence-corrected chi connectivity index (χ0v) is 42.3. The van der Waals surface area contributed by atoms with Gasteiger partial charge in [0.05, 0.1) is 36.2 Å². The molecule has 2 amide bonds. The van der Waals surface area contributed by atoms with Crippen molar-refractivity contribution in [1.29, 1.82) is 5.26 Å². The van der Waals surface area contributed by atoms with Gasteiger partial charge in [-0.3, -0.25) is 34.0 Å². The first kappa shape index (κ1) is 56.6. The Balaban J connectivity index is 1.15. The van der Waals surface area contributed by atoms with Gasteiger partial charge in [-0.25, -0.2) is 0 Å². The smallest absolute Gasteiger partial charge is 0.365 e.